The normalized spacial score (nSPS) is 16.8. The van der Waals surface area contributed by atoms with Crippen LogP contribution in [0, 0.1) is 11.3 Å². The summed E-state index contributed by atoms with van der Waals surface area (Å²) in [6, 6.07) is 8.44. The lowest BCUT2D eigenvalue weighted by Gasteiger charge is -2.25. The Hall–Kier alpha value is -2.55. The largest absolute Gasteiger partial charge is 0.337 e. The van der Waals surface area contributed by atoms with E-state index >= 15 is 0 Å². The molecule has 1 aromatic rings. The Balaban J connectivity index is 2.05. The molecule has 1 atom stereocenters. The van der Waals surface area contributed by atoms with Gasteiger partial charge in [0.15, 0.2) is 0 Å². The van der Waals surface area contributed by atoms with Gasteiger partial charge in [-0.3, -0.25) is 4.79 Å². The van der Waals surface area contributed by atoms with Crippen LogP contribution in [0.1, 0.15) is 24.5 Å². The van der Waals surface area contributed by atoms with Crippen molar-refractivity contribution in [2.45, 2.75) is 25.9 Å². The van der Waals surface area contributed by atoms with Gasteiger partial charge in [-0.1, -0.05) is 19.1 Å². The maximum atomic E-state index is 12.4. The zero-order chi connectivity index (χ0) is 15.2. The lowest BCUT2D eigenvalue weighted by atomic mass is 10.1. The number of carbonyl (C=O) groups is 2. The molecule has 1 aliphatic heterocycles. The van der Waals surface area contributed by atoms with E-state index in [9.17, 15) is 9.59 Å². The van der Waals surface area contributed by atoms with Gasteiger partial charge in [-0.15, -0.1) is 0 Å². The zero-order valence-corrected chi connectivity index (χ0v) is 11.9. The molecule has 1 heterocycles. The van der Waals surface area contributed by atoms with Gasteiger partial charge in [0.2, 0.25) is 5.91 Å². The zero-order valence-electron chi connectivity index (χ0n) is 11.9. The Bertz CT molecular complexity index is 562. The maximum Gasteiger partial charge on any atom is 0.315 e. The number of hydrogen-bond donors (Lipinski definition) is 2. The molecule has 110 valence electrons. The molecule has 6 nitrogen and oxygen atoms in total. The Kier molecular flexibility index (Phi) is 4.77. The monoisotopic (exact) mass is 286 g/mol. The fourth-order valence-corrected chi connectivity index (χ4v) is 2.27. The van der Waals surface area contributed by atoms with Crippen LogP contribution < -0.4 is 10.6 Å². The smallest absolute Gasteiger partial charge is 0.315 e. The molecule has 1 saturated heterocycles. The van der Waals surface area contributed by atoms with E-state index in [0.717, 1.165) is 12.0 Å². The molecule has 0 aromatic heterocycles. The number of nitrogens with zero attached hydrogens (tertiary/aromatic N) is 2. The van der Waals surface area contributed by atoms with Gasteiger partial charge in [0, 0.05) is 19.6 Å². The van der Waals surface area contributed by atoms with Crippen molar-refractivity contribution in [3.8, 4) is 6.07 Å². The lowest BCUT2D eigenvalue weighted by molar-refractivity contribution is -0.133. The van der Waals surface area contributed by atoms with Gasteiger partial charge in [-0.2, -0.15) is 5.26 Å². The number of nitrogens with one attached hydrogen (secondary N) is 2. The lowest BCUT2D eigenvalue weighted by Crippen LogP contribution is -2.45. The number of rotatable bonds is 5. The predicted molar refractivity (Wildman–Crippen MR) is 77.2 cm³/mol. The molecule has 0 spiro atoms. The minimum absolute atomic E-state index is 0.0837. The molecule has 0 radical (unpaired) electrons. The summed E-state index contributed by atoms with van der Waals surface area (Å²) in [7, 11) is 0. The summed E-state index contributed by atoms with van der Waals surface area (Å²) in [6.07, 6.45) is 0.843. The van der Waals surface area contributed by atoms with E-state index in [-0.39, 0.29) is 11.9 Å². The molecule has 0 aliphatic carbocycles. The van der Waals surface area contributed by atoms with Crippen molar-refractivity contribution < 1.29 is 9.59 Å². The molecule has 1 fully saturated rings. The second-order valence-corrected chi connectivity index (χ2v) is 4.98. The van der Waals surface area contributed by atoms with E-state index in [4.69, 9.17) is 5.26 Å². The quantitative estimate of drug-likeness (QED) is 0.846. The summed E-state index contributed by atoms with van der Waals surface area (Å²) in [6.45, 7) is 3.44. The standard InChI is InChI=1S/C15H18N4O2/c1-2-7-19(14(20)13-9-17-15(21)18-13)10-12-5-3-11(8-16)4-6-12/h3-6,13H,2,7,9-10H2,1H3,(H2,17,18,21). The summed E-state index contributed by atoms with van der Waals surface area (Å²) in [5.74, 6) is -0.0837. The van der Waals surface area contributed by atoms with Crippen LogP contribution in [0.5, 0.6) is 0 Å². The van der Waals surface area contributed by atoms with Crippen LogP contribution in [0.25, 0.3) is 0 Å². The van der Waals surface area contributed by atoms with Crippen molar-refractivity contribution >= 4 is 11.9 Å². The number of hydrogen-bond acceptors (Lipinski definition) is 3. The predicted octanol–water partition coefficient (Wildman–Crippen LogP) is 0.978. The van der Waals surface area contributed by atoms with Crippen molar-refractivity contribution in [3.63, 3.8) is 0 Å². The SMILES string of the molecule is CCCN(Cc1ccc(C#N)cc1)C(=O)C1CNC(=O)N1. The van der Waals surface area contributed by atoms with Crippen molar-refractivity contribution in [2.75, 3.05) is 13.1 Å². The second-order valence-electron chi connectivity index (χ2n) is 4.98. The number of nitriles is 1. The van der Waals surface area contributed by atoms with Gasteiger partial charge >= 0.3 is 6.03 Å². The highest BCUT2D eigenvalue weighted by molar-refractivity contribution is 5.90. The molecule has 0 saturated carbocycles. The summed E-state index contributed by atoms with van der Waals surface area (Å²) in [5, 5.41) is 14.0. The van der Waals surface area contributed by atoms with Crippen molar-refractivity contribution in [3.05, 3.63) is 35.4 Å². The van der Waals surface area contributed by atoms with E-state index in [0.29, 0.717) is 25.2 Å². The van der Waals surface area contributed by atoms with E-state index in [1.54, 1.807) is 17.0 Å². The van der Waals surface area contributed by atoms with E-state index in [1.165, 1.54) is 0 Å². The fourth-order valence-electron chi connectivity index (χ4n) is 2.27. The third-order valence-corrected chi connectivity index (χ3v) is 3.33. The molecule has 3 amide bonds. The molecule has 1 aliphatic rings. The summed E-state index contributed by atoms with van der Waals surface area (Å²) in [4.78, 5) is 25.3. The number of amides is 3. The Morgan fingerprint density at radius 1 is 1.43 bits per heavy atom. The number of benzene rings is 1. The van der Waals surface area contributed by atoms with E-state index < -0.39 is 6.04 Å². The summed E-state index contributed by atoms with van der Waals surface area (Å²) >= 11 is 0. The Morgan fingerprint density at radius 3 is 2.67 bits per heavy atom. The van der Waals surface area contributed by atoms with Crippen LogP contribution in [0.15, 0.2) is 24.3 Å². The van der Waals surface area contributed by atoms with Crippen LogP contribution in [0.3, 0.4) is 0 Å². The molecule has 2 N–H and O–H groups in total. The molecule has 0 bridgehead atoms. The van der Waals surface area contributed by atoms with E-state index in [1.807, 2.05) is 19.1 Å². The van der Waals surface area contributed by atoms with Crippen molar-refractivity contribution in [1.29, 1.82) is 5.26 Å². The van der Waals surface area contributed by atoms with Crippen LogP contribution in [-0.4, -0.2) is 36.0 Å². The maximum absolute atomic E-state index is 12.4. The van der Waals surface area contributed by atoms with Crippen LogP contribution in [-0.2, 0) is 11.3 Å². The number of carbonyl (C=O) groups excluding carboxylic acids is 2. The summed E-state index contributed by atoms with van der Waals surface area (Å²) < 4.78 is 0. The van der Waals surface area contributed by atoms with Crippen molar-refractivity contribution in [2.24, 2.45) is 0 Å². The Labute approximate surface area is 123 Å². The topological polar surface area (TPSA) is 85.2 Å². The van der Waals surface area contributed by atoms with Gasteiger partial charge in [0.1, 0.15) is 6.04 Å². The first kappa shape index (κ1) is 14.9. The third kappa shape index (κ3) is 3.72. The fraction of sp³-hybridized carbons (Fsp3) is 0.400. The summed E-state index contributed by atoms with van der Waals surface area (Å²) in [5.41, 5.74) is 1.56. The molecule has 6 heteroatoms. The second kappa shape index (κ2) is 6.75. The molecular weight excluding hydrogens is 268 g/mol. The van der Waals surface area contributed by atoms with E-state index in [2.05, 4.69) is 16.7 Å². The van der Waals surface area contributed by atoms with Crippen LogP contribution in [0.4, 0.5) is 4.79 Å². The van der Waals surface area contributed by atoms with Gasteiger partial charge in [0.05, 0.1) is 11.6 Å². The highest BCUT2D eigenvalue weighted by Gasteiger charge is 2.30. The van der Waals surface area contributed by atoms with Crippen molar-refractivity contribution in [1.82, 2.24) is 15.5 Å². The molecular formula is C15H18N4O2. The molecule has 21 heavy (non-hydrogen) atoms. The van der Waals surface area contributed by atoms with Gasteiger partial charge in [-0.25, -0.2) is 4.79 Å². The molecule has 1 aromatic carbocycles. The first-order chi connectivity index (χ1) is 10.1. The van der Waals surface area contributed by atoms with Gasteiger partial charge < -0.3 is 15.5 Å². The average molecular weight is 286 g/mol. The minimum Gasteiger partial charge on any atom is -0.337 e. The van der Waals surface area contributed by atoms with Crippen LogP contribution >= 0.6 is 0 Å². The first-order valence-electron chi connectivity index (χ1n) is 6.96. The number of urea groups is 1. The first-order valence-corrected chi connectivity index (χ1v) is 6.96. The third-order valence-electron chi connectivity index (χ3n) is 3.33. The van der Waals surface area contributed by atoms with Gasteiger partial charge in [0.25, 0.3) is 0 Å². The van der Waals surface area contributed by atoms with Gasteiger partial charge in [-0.05, 0) is 24.1 Å². The Morgan fingerprint density at radius 2 is 2.14 bits per heavy atom. The minimum atomic E-state index is -0.498. The average Bonchev–Trinajstić information content (AvgIpc) is 2.93. The highest BCUT2D eigenvalue weighted by Crippen LogP contribution is 2.10. The highest BCUT2D eigenvalue weighted by atomic mass is 16.2. The molecule has 1 unspecified atom stereocenters. The van der Waals surface area contributed by atoms with Crippen LogP contribution in [0.2, 0.25) is 0 Å². The molecule has 2 rings (SSSR count).